The fourth-order valence-corrected chi connectivity index (χ4v) is 2.96. The van der Waals surface area contributed by atoms with Gasteiger partial charge in [-0.05, 0) is 24.6 Å². The van der Waals surface area contributed by atoms with Crippen molar-refractivity contribution in [3.05, 3.63) is 29.3 Å². The molecule has 1 atom stereocenters. The van der Waals surface area contributed by atoms with Crippen LogP contribution in [0, 0.1) is 0 Å². The van der Waals surface area contributed by atoms with Crippen LogP contribution >= 0.6 is 0 Å². The average molecular weight is 275 g/mol. The van der Waals surface area contributed by atoms with Gasteiger partial charge in [0.1, 0.15) is 11.9 Å². The number of hydrogen-bond donors (Lipinski definition) is 0. The van der Waals surface area contributed by atoms with Gasteiger partial charge in [-0.3, -0.25) is 9.69 Å². The number of Topliss-reactive ketones (excluding diaryl/α,β-unsaturated/α-hetero) is 1. The zero-order valence-corrected chi connectivity index (χ0v) is 11.9. The molecule has 0 aliphatic carbocycles. The second-order valence-corrected chi connectivity index (χ2v) is 5.42. The lowest BCUT2D eigenvalue weighted by molar-refractivity contribution is -0.0164. The summed E-state index contributed by atoms with van der Waals surface area (Å²) in [5, 5.41) is 0. The number of carbonyl (C=O) groups is 1. The zero-order chi connectivity index (χ0) is 13.9. The van der Waals surface area contributed by atoms with Crippen molar-refractivity contribution in [2.75, 3.05) is 32.8 Å². The Morgan fingerprint density at radius 1 is 1.40 bits per heavy atom. The maximum atomic E-state index is 12.7. The van der Waals surface area contributed by atoms with Crippen LogP contribution in [-0.2, 0) is 11.2 Å². The van der Waals surface area contributed by atoms with Crippen LogP contribution in [0.2, 0.25) is 0 Å². The largest absolute Gasteiger partial charge is 0.492 e. The Hall–Kier alpha value is -1.39. The Labute approximate surface area is 119 Å². The molecule has 20 heavy (non-hydrogen) atoms. The minimum absolute atomic E-state index is 0.0598. The van der Waals surface area contributed by atoms with E-state index in [0.29, 0.717) is 25.3 Å². The van der Waals surface area contributed by atoms with Crippen LogP contribution in [0.1, 0.15) is 29.3 Å². The smallest absolute Gasteiger partial charge is 0.196 e. The molecule has 4 nitrogen and oxygen atoms in total. The Morgan fingerprint density at radius 2 is 2.30 bits per heavy atom. The topological polar surface area (TPSA) is 38.8 Å². The molecule has 0 saturated carbocycles. The third-order valence-electron chi connectivity index (χ3n) is 3.96. The first-order valence-electron chi connectivity index (χ1n) is 7.42. The number of rotatable bonds is 4. The van der Waals surface area contributed by atoms with Crippen LogP contribution in [-0.4, -0.2) is 49.6 Å². The van der Waals surface area contributed by atoms with E-state index < -0.39 is 0 Å². The van der Waals surface area contributed by atoms with Gasteiger partial charge in [-0.2, -0.15) is 0 Å². The van der Waals surface area contributed by atoms with Crippen molar-refractivity contribution < 1.29 is 14.3 Å². The van der Waals surface area contributed by atoms with E-state index in [1.807, 2.05) is 18.2 Å². The molecule has 2 aliphatic rings. The normalized spacial score (nSPS) is 22.4. The summed E-state index contributed by atoms with van der Waals surface area (Å²) in [7, 11) is 0. The predicted octanol–water partition coefficient (Wildman–Crippen LogP) is 1.92. The first kappa shape index (κ1) is 13.6. The second kappa shape index (κ2) is 5.94. The van der Waals surface area contributed by atoms with E-state index in [1.165, 1.54) is 0 Å². The van der Waals surface area contributed by atoms with E-state index in [1.54, 1.807) is 0 Å². The van der Waals surface area contributed by atoms with Gasteiger partial charge in [0.05, 0.1) is 18.8 Å². The molecule has 0 aromatic heterocycles. The van der Waals surface area contributed by atoms with Gasteiger partial charge in [0.2, 0.25) is 0 Å². The van der Waals surface area contributed by atoms with Gasteiger partial charge in [0.15, 0.2) is 5.78 Å². The quantitative estimate of drug-likeness (QED) is 0.787. The lowest BCUT2D eigenvalue weighted by Gasteiger charge is -2.32. The van der Waals surface area contributed by atoms with E-state index in [0.717, 1.165) is 37.2 Å². The highest BCUT2D eigenvalue weighted by Gasteiger charge is 2.30. The van der Waals surface area contributed by atoms with E-state index >= 15 is 0 Å². The Balaban J connectivity index is 1.77. The van der Waals surface area contributed by atoms with Gasteiger partial charge in [-0.25, -0.2) is 0 Å². The number of fused-ring (bicyclic) bond motifs is 1. The molecule has 1 aromatic carbocycles. The maximum Gasteiger partial charge on any atom is 0.196 e. The number of hydrogen-bond acceptors (Lipinski definition) is 4. The van der Waals surface area contributed by atoms with Crippen molar-refractivity contribution >= 4 is 5.78 Å². The average Bonchev–Trinajstić information content (AvgIpc) is 2.95. The number of ketones is 1. The molecule has 2 aliphatic heterocycles. The lowest BCUT2D eigenvalue weighted by Crippen LogP contribution is -2.46. The molecule has 0 radical (unpaired) electrons. The molecule has 0 N–H and O–H groups in total. The summed E-state index contributed by atoms with van der Waals surface area (Å²) in [4.78, 5) is 15.0. The number of nitrogens with zero attached hydrogens (tertiary/aromatic N) is 1. The van der Waals surface area contributed by atoms with Gasteiger partial charge in [0, 0.05) is 19.5 Å². The predicted molar refractivity (Wildman–Crippen MR) is 76.4 cm³/mol. The molecular formula is C16H21NO3. The summed E-state index contributed by atoms with van der Waals surface area (Å²) >= 11 is 0. The molecule has 0 bridgehead atoms. The number of morpholine rings is 1. The minimum atomic E-state index is -0.356. The van der Waals surface area contributed by atoms with Crippen molar-refractivity contribution in [2.45, 2.75) is 25.9 Å². The summed E-state index contributed by atoms with van der Waals surface area (Å²) in [6, 6.07) is 5.83. The summed E-state index contributed by atoms with van der Waals surface area (Å²) in [5.41, 5.74) is 1.82. The first-order chi connectivity index (χ1) is 9.79. The van der Waals surface area contributed by atoms with Crippen LogP contribution in [0.15, 0.2) is 18.2 Å². The Morgan fingerprint density at radius 3 is 3.15 bits per heavy atom. The molecule has 4 heteroatoms. The lowest BCUT2D eigenvalue weighted by atomic mass is 10.0. The van der Waals surface area contributed by atoms with Gasteiger partial charge in [-0.15, -0.1) is 0 Å². The number of benzene rings is 1. The zero-order valence-electron chi connectivity index (χ0n) is 11.9. The van der Waals surface area contributed by atoms with E-state index in [9.17, 15) is 4.79 Å². The molecule has 1 unspecified atom stereocenters. The second-order valence-electron chi connectivity index (χ2n) is 5.42. The van der Waals surface area contributed by atoms with Crippen molar-refractivity contribution in [1.82, 2.24) is 4.90 Å². The molecule has 1 fully saturated rings. The van der Waals surface area contributed by atoms with Crippen molar-refractivity contribution in [2.24, 2.45) is 0 Å². The fourth-order valence-electron chi connectivity index (χ4n) is 2.96. The third kappa shape index (κ3) is 2.58. The highest BCUT2D eigenvalue weighted by atomic mass is 16.5. The van der Waals surface area contributed by atoms with Gasteiger partial charge in [-0.1, -0.05) is 19.1 Å². The van der Waals surface area contributed by atoms with E-state index in [4.69, 9.17) is 9.47 Å². The molecule has 108 valence electrons. The Kier molecular flexibility index (Phi) is 4.03. The number of para-hydroxylation sites is 1. The molecule has 0 amide bonds. The highest BCUT2D eigenvalue weighted by Crippen LogP contribution is 2.30. The Bertz CT molecular complexity index is 498. The standard InChI is InChI=1S/C16H21NO3/c1-2-7-17-8-10-19-14(11-17)15(18)13-5-3-4-12-6-9-20-16(12)13/h3-5,14H,2,6-11H2,1H3. The monoisotopic (exact) mass is 275 g/mol. The summed E-state index contributed by atoms with van der Waals surface area (Å²) in [6.07, 6.45) is 1.64. The van der Waals surface area contributed by atoms with Gasteiger partial charge < -0.3 is 9.47 Å². The third-order valence-corrected chi connectivity index (χ3v) is 3.96. The van der Waals surface area contributed by atoms with Crippen LogP contribution in [0.5, 0.6) is 5.75 Å². The first-order valence-corrected chi connectivity index (χ1v) is 7.42. The summed E-state index contributed by atoms with van der Waals surface area (Å²) < 4.78 is 11.3. The molecule has 0 spiro atoms. The van der Waals surface area contributed by atoms with E-state index in [2.05, 4.69) is 11.8 Å². The molecule has 1 aromatic rings. The van der Waals surface area contributed by atoms with Gasteiger partial charge >= 0.3 is 0 Å². The number of carbonyl (C=O) groups excluding carboxylic acids is 1. The van der Waals surface area contributed by atoms with Crippen LogP contribution in [0.4, 0.5) is 0 Å². The fraction of sp³-hybridized carbons (Fsp3) is 0.562. The highest BCUT2D eigenvalue weighted by molar-refractivity contribution is 6.02. The summed E-state index contributed by atoms with van der Waals surface area (Å²) in [5.74, 6) is 0.832. The van der Waals surface area contributed by atoms with Crippen molar-refractivity contribution in [3.8, 4) is 5.75 Å². The minimum Gasteiger partial charge on any atom is -0.492 e. The molecule has 2 heterocycles. The molecule has 1 saturated heterocycles. The maximum absolute atomic E-state index is 12.7. The van der Waals surface area contributed by atoms with Crippen molar-refractivity contribution in [3.63, 3.8) is 0 Å². The van der Waals surface area contributed by atoms with E-state index in [-0.39, 0.29) is 11.9 Å². The summed E-state index contributed by atoms with van der Waals surface area (Å²) in [6.45, 7) is 6.09. The van der Waals surface area contributed by atoms with Crippen LogP contribution in [0.25, 0.3) is 0 Å². The van der Waals surface area contributed by atoms with Crippen molar-refractivity contribution in [1.29, 1.82) is 0 Å². The molecular weight excluding hydrogens is 254 g/mol. The van der Waals surface area contributed by atoms with Crippen LogP contribution < -0.4 is 4.74 Å². The SMILES string of the molecule is CCCN1CCOC(C(=O)c2cccc3c2OCC3)C1. The van der Waals surface area contributed by atoms with Crippen LogP contribution in [0.3, 0.4) is 0 Å². The molecule has 3 rings (SSSR count). The number of ether oxygens (including phenoxy) is 2. The van der Waals surface area contributed by atoms with Gasteiger partial charge in [0.25, 0.3) is 0 Å².